The van der Waals surface area contributed by atoms with Crippen LogP contribution in [0, 0.1) is 11.6 Å². The van der Waals surface area contributed by atoms with E-state index in [1.807, 2.05) is 19.0 Å². The Bertz CT molecular complexity index is 887. The Kier molecular flexibility index (Phi) is 6.43. The standard InChI is InChI=1S/C21H23F2N3O3/c1-24(2)9-10-25(14-15-3-8-18(22)19(23)13-15)20(27)16-4-6-17(7-5-16)26-11-12-29-21(26)28/h3-8,13H,9-12,14H2,1-2H3. The van der Waals surface area contributed by atoms with E-state index in [0.717, 1.165) is 12.1 Å². The first-order chi connectivity index (χ1) is 13.8. The van der Waals surface area contributed by atoms with Crippen molar-refractivity contribution in [2.45, 2.75) is 6.54 Å². The molecule has 2 aromatic carbocycles. The molecule has 1 fully saturated rings. The monoisotopic (exact) mass is 403 g/mol. The van der Waals surface area contributed by atoms with Gasteiger partial charge in [0.2, 0.25) is 0 Å². The Hall–Kier alpha value is -3.00. The third-order valence-electron chi connectivity index (χ3n) is 4.65. The number of nitrogens with zero attached hydrogens (tertiary/aromatic N) is 3. The van der Waals surface area contributed by atoms with Gasteiger partial charge in [0.1, 0.15) is 6.61 Å². The Labute approximate surface area is 168 Å². The third kappa shape index (κ3) is 5.08. The van der Waals surface area contributed by atoms with Crippen LogP contribution in [0.1, 0.15) is 15.9 Å². The molecule has 1 aliphatic heterocycles. The second-order valence-electron chi connectivity index (χ2n) is 7.09. The topological polar surface area (TPSA) is 53.1 Å². The minimum absolute atomic E-state index is 0.157. The maximum Gasteiger partial charge on any atom is 0.414 e. The van der Waals surface area contributed by atoms with Crippen molar-refractivity contribution in [1.82, 2.24) is 9.80 Å². The SMILES string of the molecule is CN(C)CCN(Cc1ccc(F)c(F)c1)C(=O)c1ccc(N2CCOC2=O)cc1. The van der Waals surface area contributed by atoms with Crippen molar-refractivity contribution in [1.29, 1.82) is 0 Å². The van der Waals surface area contributed by atoms with Crippen LogP contribution in [-0.4, -0.2) is 62.1 Å². The van der Waals surface area contributed by atoms with Gasteiger partial charge in [-0.15, -0.1) is 0 Å². The molecule has 1 heterocycles. The van der Waals surface area contributed by atoms with Gasteiger partial charge in [0.05, 0.1) is 6.54 Å². The fraction of sp³-hybridized carbons (Fsp3) is 0.333. The minimum Gasteiger partial charge on any atom is -0.447 e. The number of benzene rings is 2. The van der Waals surface area contributed by atoms with Gasteiger partial charge in [0.25, 0.3) is 5.91 Å². The average Bonchev–Trinajstić information content (AvgIpc) is 3.13. The summed E-state index contributed by atoms with van der Waals surface area (Å²) in [6.45, 7) is 2.01. The van der Waals surface area contributed by atoms with Crippen LogP contribution in [0.2, 0.25) is 0 Å². The lowest BCUT2D eigenvalue weighted by molar-refractivity contribution is 0.0731. The molecule has 2 aromatic rings. The van der Waals surface area contributed by atoms with Crippen molar-refractivity contribution in [2.75, 3.05) is 45.2 Å². The van der Waals surface area contributed by atoms with E-state index >= 15 is 0 Å². The zero-order valence-electron chi connectivity index (χ0n) is 16.4. The first kappa shape index (κ1) is 20.7. The van der Waals surface area contributed by atoms with Gasteiger partial charge < -0.3 is 14.5 Å². The zero-order chi connectivity index (χ0) is 21.0. The molecule has 0 spiro atoms. The van der Waals surface area contributed by atoms with Crippen LogP contribution < -0.4 is 4.90 Å². The maximum atomic E-state index is 13.6. The van der Waals surface area contributed by atoms with E-state index in [1.165, 1.54) is 11.0 Å². The van der Waals surface area contributed by atoms with Crippen LogP contribution in [0.5, 0.6) is 0 Å². The second-order valence-corrected chi connectivity index (χ2v) is 7.09. The summed E-state index contributed by atoms with van der Waals surface area (Å²) in [5.74, 6) is -2.09. The number of carbonyl (C=O) groups excluding carboxylic acids is 2. The molecule has 1 aliphatic rings. The normalized spacial score (nSPS) is 13.7. The molecule has 2 amide bonds. The van der Waals surface area contributed by atoms with Gasteiger partial charge in [0, 0.05) is 30.9 Å². The van der Waals surface area contributed by atoms with Gasteiger partial charge in [-0.05, 0) is 56.1 Å². The maximum absolute atomic E-state index is 13.6. The smallest absolute Gasteiger partial charge is 0.414 e. The van der Waals surface area contributed by atoms with Crippen LogP contribution in [0.15, 0.2) is 42.5 Å². The van der Waals surface area contributed by atoms with Gasteiger partial charge in [-0.25, -0.2) is 13.6 Å². The third-order valence-corrected chi connectivity index (χ3v) is 4.65. The van der Waals surface area contributed by atoms with Gasteiger partial charge in [-0.2, -0.15) is 0 Å². The highest BCUT2D eigenvalue weighted by Crippen LogP contribution is 2.20. The van der Waals surface area contributed by atoms with Gasteiger partial charge in [-0.3, -0.25) is 9.69 Å². The minimum atomic E-state index is -0.940. The lowest BCUT2D eigenvalue weighted by Crippen LogP contribution is -2.36. The molecule has 0 N–H and O–H groups in total. The van der Waals surface area contributed by atoms with Crippen molar-refractivity contribution in [3.8, 4) is 0 Å². The number of carbonyl (C=O) groups is 2. The van der Waals surface area contributed by atoms with E-state index in [2.05, 4.69) is 0 Å². The number of cyclic esters (lactones) is 1. The van der Waals surface area contributed by atoms with Crippen LogP contribution in [-0.2, 0) is 11.3 Å². The molecule has 0 bridgehead atoms. The lowest BCUT2D eigenvalue weighted by Gasteiger charge is -2.25. The quantitative estimate of drug-likeness (QED) is 0.713. The summed E-state index contributed by atoms with van der Waals surface area (Å²) in [6, 6.07) is 10.3. The first-order valence-electron chi connectivity index (χ1n) is 9.27. The molecule has 0 atom stereocenters. The number of likely N-dealkylation sites (N-methyl/N-ethyl adjacent to an activating group) is 1. The summed E-state index contributed by atoms with van der Waals surface area (Å²) in [5, 5.41) is 0. The molecule has 0 saturated carbocycles. The number of hydrogen-bond donors (Lipinski definition) is 0. The Balaban J connectivity index is 1.77. The van der Waals surface area contributed by atoms with Crippen molar-refractivity contribution in [3.63, 3.8) is 0 Å². The van der Waals surface area contributed by atoms with Crippen LogP contribution in [0.25, 0.3) is 0 Å². The van der Waals surface area contributed by atoms with Crippen molar-refractivity contribution >= 4 is 17.7 Å². The summed E-state index contributed by atoms with van der Waals surface area (Å²) in [6.07, 6.45) is -0.407. The molecule has 6 nitrogen and oxygen atoms in total. The fourth-order valence-electron chi connectivity index (χ4n) is 3.03. The van der Waals surface area contributed by atoms with E-state index in [4.69, 9.17) is 4.74 Å². The number of ether oxygens (including phenoxy) is 1. The number of halogens is 2. The predicted molar refractivity (Wildman–Crippen MR) is 105 cm³/mol. The molecule has 3 rings (SSSR count). The molecule has 0 unspecified atom stereocenters. The summed E-state index contributed by atoms with van der Waals surface area (Å²) in [5.41, 5.74) is 1.61. The first-order valence-corrected chi connectivity index (χ1v) is 9.27. The number of hydrogen-bond acceptors (Lipinski definition) is 4. The molecule has 0 aromatic heterocycles. The summed E-state index contributed by atoms with van der Waals surface area (Å²) in [7, 11) is 3.79. The average molecular weight is 403 g/mol. The van der Waals surface area contributed by atoms with Crippen molar-refractivity contribution < 1.29 is 23.1 Å². The van der Waals surface area contributed by atoms with E-state index < -0.39 is 17.7 Å². The van der Waals surface area contributed by atoms with E-state index in [9.17, 15) is 18.4 Å². The molecule has 0 aliphatic carbocycles. The molecule has 29 heavy (non-hydrogen) atoms. The Morgan fingerprint density at radius 1 is 1.07 bits per heavy atom. The number of anilines is 1. The number of rotatable bonds is 7. The summed E-state index contributed by atoms with van der Waals surface area (Å²) < 4.78 is 31.7. The Morgan fingerprint density at radius 2 is 1.79 bits per heavy atom. The van der Waals surface area contributed by atoms with Crippen molar-refractivity contribution in [2.24, 2.45) is 0 Å². The largest absolute Gasteiger partial charge is 0.447 e. The van der Waals surface area contributed by atoms with Gasteiger partial charge in [0.15, 0.2) is 11.6 Å². The molecular weight excluding hydrogens is 380 g/mol. The lowest BCUT2D eigenvalue weighted by atomic mass is 10.1. The highest BCUT2D eigenvalue weighted by Gasteiger charge is 2.24. The van der Waals surface area contributed by atoms with Crippen LogP contribution in [0.4, 0.5) is 19.3 Å². The molecule has 1 saturated heterocycles. The predicted octanol–water partition coefficient (Wildman–Crippen LogP) is 3.13. The molecule has 8 heteroatoms. The van der Waals surface area contributed by atoms with E-state index in [0.29, 0.717) is 43.1 Å². The van der Waals surface area contributed by atoms with Gasteiger partial charge >= 0.3 is 6.09 Å². The summed E-state index contributed by atoms with van der Waals surface area (Å²) in [4.78, 5) is 29.7. The van der Waals surface area contributed by atoms with Crippen LogP contribution >= 0.6 is 0 Å². The highest BCUT2D eigenvalue weighted by atomic mass is 19.2. The van der Waals surface area contributed by atoms with Gasteiger partial charge in [-0.1, -0.05) is 6.07 Å². The fourth-order valence-corrected chi connectivity index (χ4v) is 3.03. The van der Waals surface area contributed by atoms with Crippen LogP contribution in [0.3, 0.4) is 0 Å². The van der Waals surface area contributed by atoms with E-state index in [1.54, 1.807) is 29.2 Å². The molecule has 154 valence electrons. The van der Waals surface area contributed by atoms with Crippen molar-refractivity contribution in [3.05, 3.63) is 65.2 Å². The Morgan fingerprint density at radius 3 is 2.38 bits per heavy atom. The molecular formula is C21H23F2N3O3. The number of amides is 2. The molecule has 0 radical (unpaired) electrons. The summed E-state index contributed by atoms with van der Waals surface area (Å²) >= 11 is 0. The second kappa shape index (κ2) is 9.00. The zero-order valence-corrected chi connectivity index (χ0v) is 16.4. The highest BCUT2D eigenvalue weighted by molar-refractivity contribution is 5.95. The van der Waals surface area contributed by atoms with E-state index in [-0.39, 0.29) is 12.5 Å².